The van der Waals surface area contributed by atoms with Gasteiger partial charge in [0.05, 0.1) is 5.56 Å². The summed E-state index contributed by atoms with van der Waals surface area (Å²) in [6.45, 7) is 5.47. The molecular formula is C32H36N2O7. The summed E-state index contributed by atoms with van der Waals surface area (Å²) >= 11 is 0. The van der Waals surface area contributed by atoms with Crippen LogP contribution in [0.4, 0.5) is 4.79 Å². The summed E-state index contributed by atoms with van der Waals surface area (Å²) in [6, 6.07) is 23.6. The summed E-state index contributed by atoms with van der Waals surface area (Å²) in [4.78, 5) is 50.7. The Morgan fingerprint density at radius 1 is 0.780 bits per heavy atom. The highest BCUT2D eigenvalue weighted by Gasteiger charge is 2.27. The van der Waals surface area contributed by atoms with Crippen molar-refractivity contribution >= 4 is 23.9 Å². The lowest BCUT2D eigenvalue weighted by molar-refractivity contribution is -0.157. The van der Waals surface area contributed by atoms with Crippen LogP contribution >= 0.6 is 0 Å². The second-order valence-electron chi connectivity index (χ2n) is 10.3. The van der Waals surface area contributed by atoms with Crippen molar-refractivity contribution in [3.05, 3.63) is 107 Å². The molecule has 0 heterocycles. The van der Waals surface area contributed by atoms with E-state index in [1.165, 1.54) is 0 Å². The van der Waals surface area contributed by atoms with Gasteiger partial charge in [-0.25, -0.2) is 14.4 Å². The zero-order chi connectivity index (χ0) is 29.7. The quantitative estimate of drug-likeness (QED) is 0.178. The minimum absolute atomic E-state index is 0.122. The first-order chi connectivity index (χ1) is 19.6. The van der Waals surface area contributed by atoms with E-state index in [9.17, 15) is 19.2 Å². The zero-order valence-corrected chi connectivity index (χ0v) is 23.6. The van der Waals surface area contributed by atoms with Crippen molar-refractivity contribution in [2.75, 3.05) is 6.54 Å². The van der Waals surface area contributed by atoms with E-state index in [0.717, 1.165) is 5.56 Å². The Kier molecular flexibility index (Phi) is 11.5. The fourth-order valence-corrected chi connectivity index (χ4v) is 3.80. The third kappa shape index (κ3) is 10.8. The van der Waals surface area contributed by atoms with E-state index in [1.54, 1.807) is 75.4 Å². The molecule has 2 N–H and O–H groups in total. The first kappa shape index (κ1) is 30.9. The second-order valence-corrected chi connectivity index (χ2v) is 10.3. The van der Waals surface area contributed by atoms with Crippen LogP contribution in [0, 0.1) is 0 Å². The molecule has 1 unspecified atom stereocenters. The van der Waals surface area contributed by atoms with Crippen LogP contribution in [0.5, 0.6) is 0 Å². The largest absolute Gasteiger partial charge is 0.458 e. The van der Waals surface area contributed by atoms with E-state index in [0.29, 0.717) is 17.5 Å². The second kappa shape index (κ2) is 15.2. The van der Waals surface area contributed by atoms with Gasteiger partial charge < -0.3 is 24.8 Å². The predicted octanol–water partition coefficient (Wildman–Crippen LogP) is 5.19. The van der Waals surface area contributed by atoms with Gasteiger partial charge in [-0.2, -0.15) is 0 Å². The maximum absolute atomic E-state index is 13.3. The predicted molar refractivity (Wildman–Crippen MR) is 153 cm³/mol. The Morgan fingerprint density at radius 2 is 1.41 bits per heavy atom. The Balaban J connectivity index is 1.58. The SMILES string of the molecule is CC(C)(C)OC(=O)C(CCCNC(=O)OCc1ccccc1)NC(=O)c1ccccc1COC(=O)c1ccccc1. The molecule has 0 radical (unpaired) electrons. The molecule has 9 nitrogen and oxygen atoms in total. The molecule has 2 amide bonds. The summed E-state index contributed by atoms with van der Waals surface area (Å²) in [6.07, 6.45) is 0.0110. The minimum atomic E-state index is -0.969. The average molecular weight is 561 g/mol. The molecule has 0 saturated heterocycles. The summed E-state index contributed by atoms with van der Waals surface area (Å²) in [5.41, 5.74) is 1.26. The number of esters is 2. The van der Waals surface area contributed by atoms with Gasteiger partial charge in [0, 0.05) is 17.7 Å². The van der Waals surface area contributed by atoms with Crippen molar-refractivity contribution in [3.63, 3.8) is 0 Å². The van der Waals surface area contributed by atoms with E-state index in [2.05, 4.69) is 10.6 Å². The number of alkyl carbamates (subject to hydrolysis) is 1. The van der Waals surface area contributed by atoms with Gasteiger partial charge in [0.2, 0.25) is 0 Å². The highest BCUT2D eigenvalue weighted by atomic mass is 16.6. The molecule has 0 aliphatic carbocycles. The molecule has 3 aromatic rings. The molecule has 0 aliphatic rings. The number of hydrogen-bond donors (Lipinski definition) is 2. The van der Waals surface area contributed by atoms with E-state index < -0.39 is 35.6 Å². The molecule has 0 aromatic heterocycles. The highest BCUT2D eigenvalue weighted by molar-refractivity contribution is 5.98. The summed E-state index contributed by atoms with van der Waals surface area (Å²) in [5, 5.41) is 5.41. The lowest BCUT2D eigenvalue weighted by atomic mass is 10.1. The molecule has 0 fully saturated rings. The normalized spacial score (nSPS) is 11.6. The summed E-state index contributed by atoms with van der Waals surface area (Å²) in [7, 11) is 0. The molecule has 1 atom stereocenters. The first-order valence-electron chi connectivity index (χ1n) is 13.4. The molecule has 0 aliphatic heterocycles. The van der Waals surface area contributed by atoms with Gasteiger partial charge in [0.25, 0.3) is 5.91 Å². The fourth-order valence-electron chi connectivity index (χ4n) is 3.80. The van der Waals surface area contributed by atoms with Crippen molar-refractivity contribution in [1.82, 2.24) is 10.6 Å². The number of rotatable bonds is 12. The average Bonchev–Trinajstić information content (AvgIpc) is 2.96. The molecule has 0 saturated carbocycles. The van der Waals surface area contributed by atoms with Crippen LogP contribution in [0.25, 0.3) is 0 Å². The van der Waals surface area contributed by atoms with Crippen molar-refractivity contribution in [2.45, 2.75) is 58.5 Å². The molecule has 216 valence electrons. The molecule has 0 bridgehead atoms. The van der Waals surface area contributed by atoms with Crippen LogP contribution in [-0.2, 0) is 32.2 Å². The van der Waals surface area contributed by atoms with Crippen molar-refractivity contribution < 1.29 is 33.4 Å². The molecule has 3 aromatic carbocycles. The van der Waals surface area contributed by atoms with Crippen LogP contribution < -0.4 is 10.6 Å². The number of benzene rings is 3. The Morgan fingerprint density at radius 3 is 2.10 bits per heavy atom. The molecular weight excluding hydrogens is 524 g/mol. The summed E-state index contributed by atoms with van der Waals surface area (Å²) < 4.78 is 16.1. The van der Waals surface area contributed by atoms with Gasteiger partial charge in [-0.3, -0.25) is 4.79 Å². The number of nitrogens with one attached hydrogen (secondary N) is 2. The van der Waals surface area contributed by atoms with Gasteiger partial charge in [-0.15, -0.1) is 0 Å². The fraction of sp³-hybridized carbons (Fsp3) is 0.312. The van der Waals surface area contributed by atoms with Crippen LogP contribution in [0.3, 0.4) is 0 Å². The Bertz CT molecular complexity index is 1300. The molecule has 0 spiro atoms. The maximum Gasteiger partial charge on any atom is 0.407 e. The number of hydrogen-bond acceptors (Lipinski definition) is 7. The number of carbonyl (C=O) groups is 4. The minimum Gasteiger partial charge on any atom is -0.458 e. The topological polar surface area (TPSA) is 120 Å². The van der Waals surface area contributed by atoms with Crippen LogP contribution in [-0.4, -0.2) is 42.1 Å². The molecule has 9 heteroatoms. The van der Waals surface area contributed by atoms with E-state index in [-0.39, 0.29) is 31.7 Å². The summed E-state index contributed by atoms with van der Waals surface area (Å²) in [5.74, 6) is -1.62. The number of amides is 2. The highest BCUT2D eigenvalue weighted by Crippen LogP contribution is 2.15. The van der Waals surface area contributed by atoms with Gasteiger partial charge >= 0.3 is 18.0 Å². The third-order valence-corrected chi connectivity index (χ3v) is 5.78. The lowest BCUT2D eigenvalue weighted by Gasteiger charge is -2.25. The third-order valence-electron chi connectivity index (χ3n) is 5.78. The first-order valence-corrected chi connectivity index (χ1v) is 13.4. The van der Waals surface area contributed by atoms with Gasteiger partial charge in [0.1, 0.15) is 24.9 Å². The van der Waals surface area contributed by atoms with Crippen molar-refractivity contribution in [3.8, 4) is 0 Å². The van der Waals surface area contributed by atoms with Crippen LogP contribution in [0.2, 0.25) is 0 Å². The monoisotopic (exact) mass is 560 g/mol. The Hall–Kier alpha value is -4.66. The van der Waals surface area contributed by atoms with Crippen LogP contribution in [0.15, 0.2) is 84.9 Å². The standard InChI is InChI=1S/C32H36N2O7/c1-32(2,3)41-30(37)27(19-12-20-33-31(38)40-21-23-13-6-4-7-14-23)34-28(35)26-18-11-10-17-25(26)22-39-29(36)24-15-8-5-9-16-24/h4-11,13-18,27H,12,19-22H2,1-3H3,(H,33,38)(H,34,35). The molecule has 41 heavy (non-hydrogen) atoms. The van der Waals surface area contributed by atoms with E-state index >= 15 is 0 Å². The smallest absolute Gasteiger partial charge is 0.407 e. The van der Waals surface area contributed by atoms with E-state index in [1.807, 2.05) is 30.3 Å². The number of ether oxygens (including phenoxy) is 3. The van der Waals surface area contributed by atoms with Gasteiger partial charge in [-0.1, -0.05) is 66.7 Å². The van der Waals surface area contributed by atoms with Crippen LogP contribution in [0.1, 0.15) is 65.5 Å². The molecule has 3 rings (SSSR count). The van der Waals surface area contributed by atoms with Crippen molar-refractivity contribution in [1.29, 1.82) is 0 Å². The number of carbonyl (C=O) groups excluding carboxylic acids is 4. The zero-order valence-electron chi connectivity index (χ0n) is 23.6. The van der Waals surface area contributed by atoms with Gasteiger partial charge in [-0.05, 0) is 57.4 Å². The van der Waals surface area contributed by atoms with E-state index in [4.69, 9.17) is 14.2 Å². The van der Waals surface area contributed by atoms with Gasteiger partial charge in [0.15, 0.2) is 0 Å². The Labute approximate surface area is 240 Å². The lowest BCUT2D eigenvalue weighted by Crippen LogP contribution is -2.44. The van der Waals surface area contributed by atoms with Crippen molar-refractivity contribution in [2.24, 2.45) is 0 Å². The maximum atomic E-state index is 13.3.